The van der Waals surface area contributed by atoms with Gasteiger partial charge >= 0.3 is 0 Å². The summed E-state index contributed by atoms with van der Waals surface area (Å²) in [6.07, 6.45) is 9.87. The van der Waals surface area contributed by atoms with Crippen molar-refractivity contribution < 1.29 is 14.6 Å². The molecule has 1 atom stereocenters. The monoisotopic (exact) mass is 436 g/mol. The van der Waals surface area contributed by atoms with E-state index in [0.717, 1.165) is 81.5 Å². The third kappa shape index (κ3) is 3.94. The van der Waals surface area contributed by atoms with E-state index in [9.17, 15) is 9.90 Å². The van der Waals surface area contributed by atoms with Gasteiger partial charge in [0, 0.05) is 55.3 Å². The highest BCUT2D eigenvalue weighted by molar-refractivity contribution is 5.86. The average Bonchev–Trinajstić information content (AvgIpc) is 3.15. The van der Waals surface area contributed by atoms with Crippen molar-refractivity contribution in [3.63, 3.8) is 0 Å². The molecule has 3 fully saturated rings. The number of carbonyl (C=O) groups is 1. The Hall–Kier alpha value is -2.67. The van der Waals surface area contributed by atoms with Crippen LogP contribution in [0.2, 0.25) is 0 Å². The van der Waals surface area contributed by atoms with E-state index >= 15 is 0 Å². The second-order valence-electron chi connectivity index (χ2n) is 9.51. The minimum Gasteiger partial charge on any atom is -0.481 e. The number of anilines is 1. The van der Waals surface area contributed by atoms with E-state index in [1.54, 1.807) is 13.3 Å². The number of hydrogen-bond acceptors (Lipinski definition) is 6. The number of methoxy groups -OCH3 is 1. The minimum atomic E-state index is -0.283. The molecule has 170 valence electrons. The molecule has 32 heavy (non-hydrogen) atoms. The Morgan fingerprint density at radius 1 is 1.00 bits per heavy atom. The Balaban J connectivity index is 1.28. The highest BCUT2D eigenvalue weighted by atomic mass is 16.5. The number of aliphatic hydroxyl groups excluding tert-OH is 1. The van der Waals surface area contributed by atoms with Crippen LogP contribution < -0.4 is 9.64 Å². The number of nitrogens with zero attached hydrogens (tertiary/aromatic N) is 4. The van der Waals surface area contributed by atoms with Crippen molar-refractivity contribution in [2.75, 3.05) is 31.6 Å². The van der Waals surface area contributed by atoms with Crippen LogP contribution >= 0.6 is 0 Å². The van der Waals surface area contributed by atoms with E-state index in [0.29, 0.717) is 17.8 Å². The maximum absolute atomic E-state index is 13.5. The Bertz CT molecular complexity index is 941. The van der Waals surface area contributed by atoms with Gasteiger partial charge in [0.2, 0.25) is 11.8 Å². The summed E-state index contributed by atoms with van der Waals surface area (Å²) in [6.45, 7) is 2.53. The molecule has 2 aliphatic heterocycles. The van der Waals surface area contributed by atoms with Crippen LogP contribution in [0, 0.1) is 5.41 Å². The standard InChI is InChI=1S/C25H32N4O3/c1-32-23-10-4-19(16-27-23)18-3-9-22(26-15-18)28-13-2-11-25(17-28)12-14-29(24(25)31)20-5-7-21(30)8-6-20/h3-4,9-10,15-16,20-21,30H,2,5-8,11-14,17H2,1H3/t20?,21?,25-/m0/s1. The first-order chi connectivity index (χ1) is 15.6. The lowest BCUT2D eigenvalue weighted by atomic mass is 9.78. The molecule has 2 saturated heterocycles. The van der Waals surface area contributed by atoms with E-state index in [1.807, 2.05) is 18.3 Å². The summed E-state index contributed by atoms with van der Waals surface area (Å²) in [6, 6.07) is 8.26. The Morgan fingerprint density at radius 3 is 2.41 bits per heavy atom. The fraction of sp³-hybridized carbons (Fsp3) is 0.560. The van der Waals surface area contributed by atoms with Gasteiger partial charge in [-0.05, 0) is 63.1 Å². The van der Waals surface area contributed by atoms with Crippen LogP contribution in [0.5, 0.6) is 5.88 Å². The molecule has 1 spiro atoms. The highest BCUT2D eigenvalue weighted by Gasteiger charge is 2.50. The minimum absolute atomic E-state index is 0.189. The van der Waals surface area contributed by atoms with Crippen molar-refractivity contribution in [3.05, 3.63) is 36.7 Å². The van der Waals surface area contributed by atoms with Crippen molar-refractivity contribution in [1.82, 2.24) is 14.9 Å². The smallest absolute Gasteiger partial charge is 0.230 e. The van der Waals surface area contributed by atoms with Gasteiger partial charge in [0.1, 0.15) is 5.82 Å². The van der Waals surface area contributed by atoms with Crippen molar-refractivity contribution >= 4 is 11.7 Å². The van der Waals surface area contributed by atoms with E-state index < -0.39 is 0 Å². The molecule has 1 amide bonds. The van der Waals surface area contributed by atoms with Gasteiger partial charge in [-0.25, -0.2) is 9.97 Å². The average molecular weight is 437 g/mol. The van der Waals surface area contributed by atoms with Gasteiger partial charge in [-0.1, -0.05) is 0 Å². The highest BCUT2D eigenvalue weighted by Crippen LogP contribution is 2.43. The molecule has 0 bridgehead atoms. The molecule has 7 heteroatoms. The maximum Gasteiger partial charge on any atom is 0.230 e. The van der Waals surface area contributed by atoms with Crippen LogP contribution in [0.4, 0.5) is 5.82 Å². The van der Waals surface area contributed by atoms with Gasteiger partial charge in [-0.3, -0.25) is 4.79 Å². The molecule has 0 radical (unpaired) electrons. The van der Waals surface area contributed by atoms with Gasteiger partial charge in [0.05, 0.1) is 18.6 Å². The first kappa shape index (κ1) is 21.2. The Kier molecular flexibility index (Phi) is 5.76. The molecule has 1 saturated carbocycles. The number of ether oxygens (including phenoxy) is 1. The normalized spacial score (nSPS) is 28.4. The molecule has 4 heterocycles. The number of hydrogen-bond donors (Lipinski definition) is 1. The fourth-order valence-electron chi connectivity index (χ4n) is 5.69. The van der Waals surface area contributed by atoms with Gasteiger partial charge in [0.15, 0.2) is 0 Å². The lowest BCUT2D eigenvalue weighted by Crippen LogP contribution is -2.50. The zero-order valence-corrected chi connectivity index (χ0v) is 18.7. The van der Waals surface area contributed by atoms with E-state index in [1.165, 1.54) is 0 Å². The van der Waals surface area contributed by atoms with Crippen molar-refractivity contribution in [1.29, 1.82) is 0 Å². The molecule has 5 rings (SSSR count). The number of amides is 1. The molecule has 2 aromatic rings. The summed E-state index contributed by atoms with van der Waals surface area (Å²) < 4.78 is 5.13. The molecular weight excluding hydrogens is 404 g/mol. The topological polar surface area (TPSA) is 78.8 Å². The van der Waals surface area contributed by atoms with Crippen LogP contribution in [-0.2, 0) is 4.79 Å². The lowest BCUT2D eigenvalue weighted by molar-refractivity contribution is -0.139. The number of piperidine rings is 1. The van der Waals surface area contributed by atoms with Gasteiger partial charge in [-0.15, -0.1) is 0 Å². The Morgan fingerprint density at radius 2 is 1.75 bits per heavy atom. The van der Waals surface area contributed by atoms with Crippen molar-refractivity contribution in [2.24, 2.45) is 5.41 Å². The summed E-state index contributed by atoms with van der Waals surface area (Å²) in [4.78, 5) is 26.9. The zero-order chi connectivity index (χ0) is 22.1. The summed E-state index contributed by atoms with van der Waals surface area (Å²) in [5, 5.41) is 9.83. The molecule has 0 aromatic carbocycles. The van der Waals surface area contributed by atoms with Gasteiger partial charge in [-0.2, -0.15) is 0 Å². The number of rotatable bonds is 4. The predicted molar refractivity (Wildman–Crippen MR) is 122 cm³/mol. The lowest BCUT2D eigenvalue weighted by Gasteiger charge is -2.41. The van der Waals surface area contributed by atoms with Crippen LogP contribution in [0.25, 0.3) is 11.1 Å². The molecule has 7 nitrogen and oxygen atoms in total. The molecule has 0 unspecified atom stereocenters. The molecule has 2 aromatic heterocycles. The Labute approximate surface area is 189 Å². The SMILES string of the molecule is COc1ccc(-c2ccc(N3CCC[C@]4(CCN(C5CCC(O)CC5)C4=O)C3)nc2)cn1. The number of carbonyl (C=O) groups excluding carboxylic acids is 1. The van der Waals surface area contributed by atoms with E-state index in [-0.39, 0.29) is 11.5 Å². The van der Waals surface area contributed by atoms with Crippen LogP contribution in [0.15, 0.2) is 36.7 Å². The zero-order valence-electron chi connectivity index (χ0n) is 18.7. The third-order valence-electron chi connectivity index (χ3n) is 7.58. The van der Waals surface area contributed by atoms with Crippen LogP contribution in [-0.4, -0.2) is 64.8 Å². The summed E-state index contributed by atoms with van der Waals surface area (Å²) >= 11 is 0. The molecule has 3 aliphatic rings. The maximum atomic E-state index is 13.5. The second kappa shape index (κ2) is 8.70. The summed E-state index contributed by atoms with van der Waals surface area (Å²) in [5.74, 6) is 1.85. The number of likely N-dealkylation sites (tertiary alicyclic amines) is 1. The van der Waals surface area contributed by atoms with Gasteiger partial charge < -0.3 is 19.6 Å². The molecule has 1 aliphatic carbocycles. The summed E-state index contributed by atoms with van der Waals surface area (Å²) in [7, 11) is 1.61. The number of aromatic nitrogens is 2. The van der Waals surface area contributed by atoms with Crippen LogP contribution in [0.3, 0.4) is 0 Å². The van der Waals surface area contributed by atoms with Crippen LogP contribution in [0.1, 0.15) is 44.9 Å². The fourth-order valence-corrected chi connectivity index (χ4v) is 5.69. The third-order valence-corrected chi connectivity index (χ3v) is 7.58. The second-order valence-corrected chi connectivity index (χ2v) is 9.51. The molecular formula is C25H32N4O3. The van der Waals surface area contributed by atoms with Crippen molar-refractivity contribution in [2.45, 2.75) is 57.1 Å². The van der Waals surface area contributed by atoms with Gasteiger partial charge in [0.25, 0.3) is 0 Å². The molecule has 1 N–H and O–H groups in total. The summed E-state index contributed by atoms with van der Waals surface area (Å²) in [5.41, 5.74) is 1.73. The quantitative estimate of drug-likeness (QED) is 0.793. The number of pyridine rings is 2. The first-order valence-corrected chi connectivity index (χ1v) is 11.8. The first-order valence-electron chi connectivity index (χ1n) is 11.8. The van der Waals surface area contributed by atoms with E-state index in [4.69, 9.17) is 9.72 Å². The largest absolute Gasteiger partial charge is 0.481 e. The van der Waals surface area contributed by atoms with E-state index in [2.05, 4.69) is 26.9 Å². The van der Waals surface area contributed by atoms with Crippen molar-refractivity contribution in [3.8, 4) is 17.0 Å². The predicted octanol–water partition coefficient (Wildman–Crippen LogP) is 3.27. The number of aliphatic hydroxyl groups is 1.